The Labute approximate surface area is 108 Å². The fraction of sp³-hybridized carbons (Fsp3) is 0.250. The van der Waals surface area contributed by atoms with Crippen molar-refractivity contribution in [2.75, 3.05) is 0 Å². The number of H-pyrrole nitrogens is 1. The number of nitrogens with one attached hydrogen (secondary N) is 1. The molecule has 0 spiro atoms. The van der Waals surface area contributed by atoms with Gasteiger partial charge in [-0.2, -0.15) is 0 Å². The summed E-state index contributed by atoms with van der Waals surface area (Å²) in [5, 5.41) is 0. The van der Waals surface area contributed by atoms with E-state index in [-0.39, 0.29) is 0 Å². The molecular weight excluding hydrogens is 284 g/mol. The van der Waals surface area contributed by atoms with Crippen LogP contribution in [0, 0.1) is 25.5 Å². The predicted octanol–water partition coefficient (Wildman–Crippen LogP) is 4.22. The molecule has 0 aliphatic rings. The SMILES string of the molecule is Cc1cc(C)c(-n2c(C)c[nH]c2=S)c(Br)c1. The number of imidazole rings is 1. The van der Waals surface area contributed by atoms with E-state index >= 15 is 0 Å². The average Bonchev–Trinajstić information content (AvgIpc) is 2.47. The average molecular weight is 297 g/mol. The first-order chi connectivity index (χ1) is 7.50. The van der Waals surface area contributed by atoms with Gasteiger partial charge in [0.1, 0.15) is 0 Å². The smallest absolute Gasteiger partial charge is 0.182 e. The molecular formula is C12H13BrN2S. The van der Waals surface area contributed by atoms with E-state index in [0.717, 1.165) is 20.6 Å². The van der Waals surface area contributed by atoms with E-state index in [2.05, 4.69) is 46.9 Å². The molecule has 0 atom stereocenters. The summed E-state index contributed by atoms with van der Waals surface area (Å²) in [4.78, 5) is 3.06. The lowest BCUT2D eigenvalue weighted by Crippen LogP contribution is -2.01. The largest absolute Gasteiger partial charge is 0.337 e. The molecule has 16 heavy (non-hydrogen) atoms. The fourth-order valence-corrected chi connectivity index (χ4v) is 3.07. The minimum atomic E-state index is 0.727. The van der Waals surface area contributed by atoms with E-state index < -0.39 is 0 Å². The highest BCUT2D eigenvalue weighted by Crippen LogP contribution is 2.27. The predicted molar refractivity (Wildman–Crippen MR) is 72.9 cm³/mol. The molecule has 0 saturated heterocycles. The number of aromatic nitrogens is 2. The Kier molecular flexibility index (Phi) is 3.04. The van der Waals surface area contributed by atoms with Crippen molar-refractivity contribution < 1.29 is 0 Å². The monoisotopic (exact) mass is 296 g/mol. The maximum Gasteiger partial charge on any atom is 0.182 e. The van der Waals surface area contributed by atoms with Gasteiger partial charge in [-0.1, -0.05) is 6.07 Å². The minimum absolute atomic E-state index is 0.727. The van der Waals surface area contributed by atoms with Gasteiger partial charge in [0, 0.05) is 16.4 Å². The second-order valence-corrected chi connectivity index (χ2v) is 5.22. The van der Waals surface area contributed by atoms with Crippen molar-refractivity contribution >= 4 is 28.1 Å². The Morgan fingerprint density at radius 2 is 1.94 bits per heavy atom. The normalized spacial score (nSPS) is 10.8. The van der Waals surface area contributed by atoms with Gasteiger partial charge in [0.2, 0.25) is 0 Å². The Balaban J connectivity index is 2.79. The number of aryl methyl sites for hydroxylation is 3. The van der Waals surface area contributed by atoms with Crippen LogP contribution in [0.5, 0.6) is 0 Å². The quantitative estimate of drug-likeness (QED) is 0.781. The molecule has 84 valence electrons. The Morgan fingerprint density at radius 1 is 1.25 bits per heavy atom. The van der Waals surface area contributed by atoms with Gasteiger partial charge in [0.15, 0.2) is 4.77 Å². The van der Waals surface area contributed by atoms with E-state index in [1.807, 2.05) is 17.7 Å². The molecule has 1 heterocycles. The number of rotatable bonds is 1. The molecule has 0 saturated carbocycles. The van der Waals surface area contributed by atoms with Crippen LogP contribution in [0.2, 0.25) is 0 Å². The van der Waals surface area contributed by atoms with Gasteiger partial charge in [-0.25, -0.2) is 0 Å². The summed E-state index contributed by atoms with van der Waals surface area (Å²) < 4.78 is 3.85. The van der Waals surface area contributed by atoms with Gasteiger partial charge in [-0.3, -0.25) is 4.57 Å². The van der Waals surface area contributed by atoms with Crippen LogP contribution < -0.4 is 0 Å². The van der Waals surface area contributed by atoms with Crippen molar-refractivity contribution in [2.24, 2.45) is 0 Å². The topological polar surface area (TPSA) is 20.7 Å². The molecule has 0 amide bonds. The number of aromatic amines is 1. The van der Waals surface area contributed by atoms with Crippen molar-refractivity contribution in [1.29, 1.82) is 0 Å². The molecule has 0 bridgehead atoms. The summed E-state index contributed by atoms with van der Waals surface area (Å²) in [5.41, 5.74) is 4.69. The summed E-state index contributed by atoms with van der Waals surface area (Å²) in [6.07, 6.45) is 1.92. The molecule has 2 aromatic rings. The van der Waals surface area contributed by atoms with Crippen LogP contribution in [-0.4, -0.2) is 9.55 Å². The molecule has 0 aliphatic heterocycles. The second kappa shape index (κ2) is 4.18. The first-order valence-electron chi connectivity index (χ1n) is 5.05. The van der Waals surface area contributed by atoms with Crippen LogP contribution in [0.4, 0.5) is 0 Å². The third kappa shape index (κ3) is 1.87. The van der Waals surface area contributed by atoms with Crippen LogP contribution >= 0.6 is 28.1 Å². The van der Waals surface area contributed by atoms with E-state index in [4.69, 9.17) is 12.2 Å². The minimum Gasteiger partial charge on any atom is -0.337 e. The van der Waals surface area contributed by atoms with Crippen molar-refractivity contribution in [3.8, 4) is 5.69 Å². The Bertz CT molecular complexity index is 572. The third-order valence-corrected chi connectivity index (χ3v) is 3.49. The van der Waals surface area contributed by atoms with Crippen LogP contribution in [0.1, 0.15) is 16.8 Å². The molecule has 4 heteroatoms. The lowest BCUT2D eigenvalue weighted by atomic mass is 10.1. The van der Waals surface area contributed by atoms with E-state index in [1.165, 1.54) is 11.1 Å². The molecule has 2 nitrogen and oxygen atoms in total. The maximum absolute atomic E-state index is 5.29. The standard InChI is InChI=1S/C12H13BrN2S/c1-7-4-8(2)11(10(13)5-7)15-9(3)6-14-12(15)16/h4-6H,1-3H3,(H,14,16). The zero-order chi connectivity index (χ0) is 11.9. The number of hydrogen-bond acceptors (Lipinski definition) is 1. The van der Waals surface area contributed by atoms with E-state index in [0.29, 0.717) is 0 Å². The summed E-state index contributed by atoms with van der Waals surface area (Å²) in [6, 6.07) is 4.27. The lowest BCUT2D eigenvalue weighted by Gasteiger charge is -2.12. The van der Waals surface area contributed by atoms with Crippen LogP contribution in [-0.2, 0) is 0 Å². The van der Waals surface area contributed by atoms with Crippen LogP contribution in [0.3, 0.4) is 0 Å². The fourth-order valence-electron chi connectivity index (χ4n) is 1.92. The van der Waals surface area contributed by atoms with Crippen LogP contribution in [0.25, 0.3) is 5.69 Å². The van der Waals surface area contributed by atoms with E-state index in [9.17, 15) is 0 Å². The van der Waals surface area contributed by atoms with Gasteiger partial charge in [0.05, 0.1) is 5.69 Å². The highest BCUT2D eigenvalue weighted by atomic mass is 79.9. The summed E-state index contributed by atoms with van der Waals surface area (Å²) in [5.74, 6) is 0. The van der Waals surface area contributed by atoms with Gasteiger partial charge in [-0.15, -0.1) is 0 Å². The third-order valence-electron chi connectivity index (χ3n) is 2.58. The molecule has 0 fully saturated rings. The zero-order valence-corrected chi connectivity index (χ0v) is 11.9. The van der Waals surface area contributed by atoms with Gasteiger partial charge in [0.25, 0.3) is 0 Å². The number of nitrogens with zero attached hydrogens (tertiary/aromatic N) is 1. The van der Waals surface area contributed by atoms with Crippen molar-refractivity contribution in [2.45, 2.75) is 20.8 Å². The maximum atomic E-state index is 5.29. The Morgan fingerprint density at radius 3 is 2.44 bits per heavy atom. The molecule has 0 aliphatic carbocycles. The van der Waals surface area contributed by atoms with Gasteiger partial charge < -0.3 is 4.98 Å². The zero-order valence-electron chi connectivity index (χ0n) is 9.47. The van der Waals surface area contributed by atoms with Crippen molar-refractivity contribution in [3.05, 3.63) is 44.4 Å². The van der Waals surface area contributed by atoms with Crippen molar-refractivity contribution in [3.63, 3.8) is 0 Å². The number of halogens is 1. The molecule has 1 aromatic carbocycles. The lowest BCUT2D eigenvalue weighted by molar-refractivity contribution is 0.965. The van der Waals surface area contributed by atoms with Crippen molar-refractivity contribution in [1.82, 2.24) is 9.55 Å². The van der Waals surface area contributed by atoms with Gasteiger partial charge in [-0.05, 0) is 66.1 Å². The van der Waals surface area contributed by atoms with E-state index in [1.54, 1.807) is 0 Å². The first kappa shape index (κ1) is 11.6. The highest BCUT2D eigenvalue weighted by Gasteiger charge is 2.10. The highest BCUT2D eigenvalue weighted by molar-refractivity contribution is 9.10. The molecule has 2 rings (SSSR count). The molecule has 1 N–H and O–H groups in total. The first-order valence-corrected chi connectivity index (χ1v) is 6.25. The Hall–Kier alpha value is -0.870. The molecule has 0 unspecified atom stereocenters. The van der Waals surface area contributed by atoms with Crippen LogP contribution in [0.15, 0.2) is 22.8 Å². The second-order valence-electron chi connectivity index (χ2n) is 3.98. The molecule has 0 radical (unpaired) electrons. The number of hydrogen-bond donors (Lipinski definition) is 1. The summed E-state index contributed by atoms with van der Waals surface area (Å²) in [6.45, 7) is 6.23. The van der Waals surface area contributed by atoms with Gasteiger partial charge >= 0.3 is 0 Å². The summed E-state index contributed by atoms with van der Waals surface area (Å²) in [7, 11) is 0. The summed E-state index contributed by atoms with van der Waals surface area (Å²) >= 11 is 8.90. The molecule has 1 aromatic heterocycles. The number of benzene rings is 1.